The van der Waals surface area contributed by atoms with E-state index in [0.29, 0.717) is 0 Å². The third-order valence-corrected chi connectivity index (χ3v) is 2.44. The largest absolute Gasteiger partial charge is 0.298 e. The molecular formula is C8H13FO. The number of hydrogen-bond donors (Lipinski definition) is 0. The van der Waals surface area contributed by atoms with E-state index in [1.807, 2.05) is 0 Å². The molecule has 0 spiro atoms. The maximum absolute atomic E-state index is 13.1. The first-order valence-corrected chi connectivity index (χ1v) is 3.50. The third-order valence-electron chi connectivity index (χ3n) is 2.44. The van der Waals surface area contributed by atoms with E-state index >= 15 is 0 Å². The topological polar surface area (TPSA) is 17.1 Å². The number of ketones is 1. The molecule has 0 atom stereocenters. The summed E-state index contributed by atoms with van der Waals surface area (Å²) in [5.41, 5.74) is -1.47. The molecule has 1 aliphatic rings. The maximum atomic E-state index is 13.1. The fraction of sp³-hybridized carbons (Fsp3) is 0.875. The van der Waals surface area contributed by atoms with Crippen LogP contribution in [0.4, 0.5) is 4.39 Å². The molecule has 0 aromatic rings. The van der Waals surface area contributed by atoms with Gasteiger partial charge in [0.1, 0.15) is 12.0 Å². The summed E-state index contributed by atoms with van der Waals surface area (Å²) >= 11 is 0. The molecule has 2 heteroatoms. The zero-order valence-corrected chi connectivity index (χ0v) is 6.86. The lowest BCUT2D eigenvalue weighted by molar-refractivity contribution is -0.168. The SMILES string of the molecule is CC1(C)C(=O)C(C)(C)C1F. The Bertz CT molecular complexity index is 164. The first kappa shape index (κ1) is 7.70. The van der Waals surface area contributed by atoms with Crippen LogP contribution < -0.4 is 0 Å². The number of carbonyl (C=O) groups is 1. The Kier molecular flexibility index (Phi) is 1.24. The molecule has 0 aliphatic heterocycles. The highest BCUT2D eigenvalue weighted by atomic mass is 19.1. The van der Waals surface area contributed by atoms with E-state index in [9.17, 15) is 9.18 Å². The van der Waals surface area contributed by atoms with Gasteiger partial charge in [-0.2, -0.15) is 0 Å². The minimum Gasteiger partial charge on any atom is -0.298 e. The molecule has 0 aromatic heterocycles. The second-order valence-corrected chi connectivity index (χ2v) is 4.14. The molecule has 0 N–H and O–H groups in total. The minimum absolute atomic E-state index is 0.0347. The van der Waals surface area contributed by atoms with Crippen molar-refractivity contribution in [3.63, 3.8) is 0 Å². The van der Waals surface area contributed by atoms with E-state index in [0.717, 1.165) is 0 Å². The Balaban J connectivity index is 2.89. The summed E-state index contributed by atoms with van der Waals surface area (Å²) in [5.74, 6) is 0.0347. The quantitative estimate of drug-likeness (QED) is 0.508. The van der Waals surface area contributed by atoms with Crippen molar-refractivity contribution < 1.29 is 9.18 Å². The predicted molar refractivity (Wildman–Crippen MR) is 37.5 cm³/mol. The Labute approximate surface area is 60.6 Å². The lowest BCUT2D eigenvalue weighted by Crippen LogP contribution is -2.62. The van der Waals surface area contributed by atoms with Gasteiger partial charge < -0.3 is 0 Å². The second-order valence-electron chi connectivity index (χ2n) is 4.14. The monoisotopic (exact) mass is 144 g/mol. The molecule has 0 bridgehead atoms. The highest BCUT2D eigenvalue weighted by Crippen LogP contribution is 2.51. The number of carbonyl (C=O) groups excluding carboxylic acids is 1. The smallest absolute Gasteiger partial charge is 0.149 e. The fourth-order valence-electron chi connectivity index (χ4n) is 1.88. The first-order chi connectivity index (χ1) is 4.31. The van der Waals surface area contributed by atoms with Gasteiger partial charge in [0.15, 0.2) is 0 Å². The van der Waals surface area contributed by atoms with Gasteiger partial charge in [-0.15, -0.1) is 0 Å². The van der Waals surface area contributed by atoms with E-state index in [2.05, 4.69) is 0 Å². The van der Waals surface area contributed by atoms with Crippen molar-refractivity contribution in [3.8, 4) is 0 Å². The van der Waals surface area contributed by atoms with Crippen molar-refractivity contribution in [1.29, 1.82) is 0 Å². The molecular weight excluding hydrogens is 131 g/mol. The van der Waals surface area contributed by atoms with Crippen molar-refractivity contribution >= 4 is 5.78 Å². The van der Waals surface area contributed by atoms with Crippen LogP contribution in [0.15, 0.2) is 0 Å². The van der Waals surface area contributed by atoms with Gasteiger partial charge >= 0.3 is 0 Å². The zero-order valence-electron chi connectivity index (χ0n) is 6.86. The second kappa shape index (κ2) is 1.60. The average molecular weight is 144 g/mol. The van der Waals surface area contributed by atoms with Crippen LogP contribution >= 0.6 is 0 Å². The van der Waals surface area contributed by atoms with Crippen LogP contribution in [0, 0.1) is 10.8 Å². The standard InChI is InChI=1S/C8H13FO/c1-7(2)5(9)8(3,4)6(7)10/h5H,1-4H3. The van der Waals surface area contributed by atoms with Crippen LogP contribution in [0.3, 0.4) is 0 Å². The number of alkyl halides is 1. The molecule has 0 radical (unpaired) electrons. The van der Waals surface area contributed by atoms with Gasteiger partial charge in [0, 0.05) is 0 Å². The molecule has 0 unspecified atom stereocenters. The molecule has 1 nitrogen and oxygen atoms in total. The molecule has 1 rings (SSSR count). The fourth-order valence-corrected chi connectivity index (χ4v) is 1.88. The van der Waals surface area contributed by atoms with Crippen molar-refractivity contribution in [3.05, 3.63) is 0 Å². The lowest BCUT2D eigenvalue weighted by atomic mass is 9.53. The summed E-state index contributed by atoms with van der Waals surface area (Å²) in [6, 6.07) is 0. The summed E-state index contributed by atoms with van der Waals surface area (Å²) < 4.78 is 13.1. The van der Waals surface area contributed by atoms with Crippen molar-refractivity contribution in [2.45, 2.75) is 33.9 Å². The maximum Gasteiger partial charge on any atom is 0.149 e. The number of Topliss-reactive ketones (excluding diaryl/α,β-unsaturated/α-hetero) is 1. The van der Waals surface area contributed by atoms with Gasteiger partial charge in [0.25, 0.3) is 0 Å². The molecule has 0 heterocycles. The van der Waals surface area contributed by atoms with Gasteiger partial charge in [-0.3, -0.25) is 4.79 Å². The molecule has 0 aromatic carbocycles. The van der Waals surface area contributed by atoms with Crippen LogP contribution in [0.1, 0.15) is 27.7 Å². The summed E-state index contributed by atoms with van der Waals surface area (Å²) in [5, 5.41) is 0. The molecule has 1 saturated carbocycles. The molecule has 0 saturated heterocycles. The Morgan fingerprint density at radius 3 is 1.60 bits per heavy atom. The lowest BCUT2D eigenvalue weighted by Gasteiger charge is -2.50. The summed E-state index contributed by atoms with van der Waals surface area (Å²) in [6.07, 6.45) is -0.979. The Morgan fingerprint density at radius 2 is 1.50 bits per heavy atom. The van der Waals surface area contributed by atoms with Gasteiger partial charge in [0.2, 0.25) is 0 Å². The average Bonchev–Trinajstić information content (AvgIpc) is 1.84. The van der Waals surface area contributed by atoms with Crippen LogP contribution in [-0.4, -0.2) is 12.0 Å². The molecule has 1 fully saturated rings. The van der Waals surface area contributed by atoms with E-state index in [1.165, 1.54) is 0 Å². The summed E-state index contributed by atoms with van der Waals surface area (Å²) in [7, 11) is 0. The van der Waals surface area contributed by atoms with E-state index in [-0.39, 0.29) is 5.78 Å². The highest BCUT2D eigenvalue weighted by Gasteiger charge is 2.62. The van der Waals surface area contributed by atoms with Gasteiger partial charge in [0.05, 0.1) is 10.8 Å². The predicted octanol–water partition coefficient (Wildman–Crippen LogP) is 1.96. The van der Waals surface area contributed by atoms with Crippen LogP contribution in [0.2, 0.25) is 0 Å². The normalized spacial score (nSPS) is 29.9. The Morgan fingerprint density at radius 1 is 1.20 bits per heavy atom. The highest BCUT2D eigenvalue weighted by molar-refractivity contribution is 5.97. The first-order valence-electron chi connectivity index (χ1n) is 3.50. The number of halogens is 1. The minimum atomic E-state index is -0.979. The zero-order chi connectivity index (χ0) is 8.15. The van der Waals surface area contributed by atoms with Gasteiger partial charge in [-0.05, 0) is 0 Å². The third kappa shape index (κ3) is 0.594. The van der Waals surface area contributed by atoms with E-state index < -0.39 is 17.0 Å². The summed E-state index contributed by atoms with van der Waals surface area (Å²) in [6.45, 7) is 6.63. The number of hydrogen-bond acceptors (Lipinski definition) is 1. The van der Waals surface area contributed by atoms with Gasteiger partial charge in [-0.1, -0.05) is 27.7 Å². The van der Waals surface area contributed by atoms with Crippen LogP contribution in [-0.2, 0) is 4.79 Å². The van der Waals surface area contributed by atoms with Gasteiger partial charge in [-0.25, -0.2) is 4.39 Å². The van der Waals surface area contributed by atoms with E-state index in [4.69, 9.17) is 0 Å². The Hall–Kier alpha value is -0.400. The molecule has 1 aliphatic carbocycles. The van der Waals surface area contributed by atoms with Crippen LogP contribution in [0.25, 0.3) is 0 Å². The number of rotatable bonds is 0. The van der Waals surface area contributed by atoms with Crippen LogP contribution in [0.5, 0.6) is 0 Å². The molecule has 0 amide bonds. The molecule has 58 valence electrons. The van der Waals surface area contributed by atoms with E-state index in [1.54, 1.807) is 27.7 Å². The molecule has 10 heavy (non-hydrogen) atoms. The summed E-state index contributed by atoms with van der Waals surface area (Å²) in [4.78, 5) is 11.2. The van der Waals surface area contributed by atoms with Crippen molar-refractivity contribution in [2.24, 2.45) is 10.8 Å². The van der Waals surface area contributed by atoms with Crippen molar-refractivity contribution in [2.75, 3.05) is 0 Å². The van der Waals surface area contributed by atoms with Crippen molar-refractivity contribution in [1.82, 2.24) is 0 Å².